The van der Waals surface area contributed by atoms with Gasteiger partial charge in [-0.15, -0.1) is 0 Å². The molecule has 0 radical (unpaired) electrons. The zero-order chi connectivity index (χ0) is 20.2. The Balaban J connectivity index is 1.66. The first kappa shape index (κ1) is 18.5. The van der Waals surface area contributed by atoms with Gasteiger partial charge in [0.2, 0.25) is 0 Å². The second kappa shape index (κ2) is 8.02. The zero-order valence-electron chi connectivity index (χ0n) is 15.7. The van der Waals surface area contributed by atoms with E-state index in [-0.39, 0.29) is 11.7 Å². The van der Waals surface area contributed by atoms with Gasteiger partial charge in [-0.1, -0.05) is 18.2 Å². The number of para-hydroxylation sites is 1. The lowest BCUT2D eigenvalue weighted by atomic mass is 10.2. The van der Waals surface area contributed by atoms with Crippen molar-refractivity contribution in [1.29, 1.82) is 0 Å². The number of nitrogens with one attached hydrogen (secondary N) is 1. The molecule has 0 unspecified atom stereocenters. The molecule has 0 saturated heterocycles. The maximum Gasteiger partial charge on any atom is 0.256 e. The number of carbonyl (C=O) groups excluding carboxylic acids is 1. The Kier molecular flexibility index (Phi) is 5.11. The summed E-state index contributed by atoms with van der Waals surface area (Å²) in [6.45, 7) is 0.315. The lowest BCUT2D eigenvalue weighted by Crippen LogP contribution is -2.24. The van der Waals surface area contributed by atoms with E-state index in [0.29, 0.717) is 29.4 Å². The van der Waals surface area contributed by atoms with Crippen molar-refractivity contribution in [3.05, 3.63) is 96.2 Å². The Labute approximate surface area is 167 Å². The first-order valence-corrected chi connectivity index (χ1v) is 9.05. The second-order valence-corrected chi connectivity index (χ2v) is 6.35. The third-order valence-corrected chi connectivity index (χ3v) is 4.54. The molecule has 0 aliphatic carbocycles. The minimum absolute atomic E-state index is 0.270. The van der Waals surface area contributed by atoms with Gasteiger partial charge in [0.1, 0.15) is 17.1 Å². The highest BCUT2D eigenvalue weighted by molar-refractivity contribution is 5.97. The van der Waals surface area contributed by atoms with Gasteiger partial charge in [-0.05, 0) is 42.5 Å². The molecular formula is C22H19FN4O2. The molecule has 0 aliphatic heterocycles. The van der Waals surface area contributed by atoms with Crippen molar-refractivity contribution in [2.24, 2.45) is 0 Å². The Bertz CT molecular complexity index is 1120. The maximum absolute atomic E-state index is 13.3. The molecule has 4 rings (SSSR count). The molecule has 2 heterocycles. The first-order valence-electron chi connectivity index (χ1n) is 9.05. The smallest absolute Gasteiger partial charge is 0.256 e. The summed E-state index contributed by atoms with van der Waals surface area (Å²) in [6, 6.07) is 17.2. The van der Waals surface area contributed by atoms with Crippen LogP contribution in [0, 0.1) is 5.82 Å². The number of hydrogen-bond acceptors (Lipinski definition) is 3. The van der Waals surface area contributed by atoms with Gasteiger partial charge >= 0.3 is 0 Å². The molecule has 0 spiro atoms. The van der Waals surface area contributed by atoms with Crippen molar-refractivity contribution >= 4 is 5.91 Å². The van der Waals surface area contributed by atoms with Crippen LogP contribution in [0.5, 0.6) is 5.75 Å². The van der Waals surface area contributed by atoms with Gasteiger partial charge < -0.3 is 14.6 Å². The zero-order valence-corrected chi connectivity index (χ0v) is 15.7. The molecule has 1 amide bonds. The molecule has 4 aromatic rings. The molecule has 0 saturated carbocycles. The standard InChI is InChI=1S/C22H19FN4O2/c1-29-20-7-3-2-6-16(20)14-24-21(28)19-15-25-27(18-10-8-17(23)9-11-18)22(19)26-12-4-5-13-26/h2-13,15H,14H2,1H3,(H,24,28). The SMILES string of the molecule is COc1ccccc1CNC(=O)c1cnn(-c2ccc(F)cc2)c1-n1cccc1. The molecule has 1 N–H and O–H groups in total. The topological polar surface area (TPSA) is 61.1 Å². The third-order valence-electron chi connectivity index (χ3n) is 4.54. The van der Waals surface area contributed by atoms with E-state index in [1.54, 1.807) is 28.5 Å². The van der Waals surface area contributed by atoms with Crippen molar-refractivity contribution in [2.45, 2.75) is 6.54 Å². The molecule has 2 aromatic carbocycles. The predicted molar refractivity (Wildman–Crippen MR) is 107 cm³/mol. The second-order valence-electron chi connectivity index (χ2n) is 6.35. The van der Waals surface area contributed by atoms with Crippen LogP contribution in [0.4, 0.5) is 4.39 Å². The minimum atomic E-state index is -0.335. The monoisotopic (exact) mass is 390 g/mol. The number of aromatic nitrogens is 3. The Morgan fingerprint density at radius 1 is 1.07 bits per heavy atom. The van der Waals surface area contributed by atoms with E-state index in [4.69, 9.17) is 4.74 Å². The number of carbonyl (C=O) groups is 1. The van der Waals surface area contributed by atoms with Gasteiger partial charge in [0, 0.05) is 24.5 Å². The molecule has 2 aromatic heterocycles. The van der Waals surface area contributed by atoms with Crippen LogP contribution in [0.2, 0.25) is 0 Å². The normalized spacial score (nSPS) is 10.7. The summed E-state index contributed by atoms with van der Waals surface area (Å²) in [5.74, 6) is 0.672. The quantitative estimate of drug-likeness (QED) is 0.546. The Hall–Kier alpha value is -3.87. The van der Waals surface area contributed by atoms with E-state index in [2.05, 4.69) is 10.4 Å². The highest BCUT2D eigenvalue weighted by atomic mass is 19.1. The van der Waals surface area contributed by atoms with Crippen LogP contribution in [0.3, 0.4) is 0 Å². The Morgan fingerprint density at radius 3 is 2.52 bits per heavy atom. The third kappa shape index (κ3) is 3.75. The van der Waals surface area contributed by atoms with Crippen LogP contribution in [0.1, 0.15) is 15.9 Å². The van der Waals surface area contributed by atoms with Gasteiger partial charge in [-0.2, -0.15) is 5.10 Å². The van der Waals surface area contributed by atoms with Crippen LogP contribution in [0.15, 0.2) is 79.3 Å². The van der Waals surface area contributed by atoms with Crippen molar-refractivity contribution in [3.63, 3.8) is 0 Å². The highest BCUT2D eigenvalue weighted by Gasteiger charge is 2.20. The average molecular weight is 390 g/mol. The lowest BCUT2D eigenvalue weighted by Gasteiger charge is -2.12. The number of nitrogens with zero attached hydrogens (tertiary/aromatic N) is 3. The molecule has 6 nitrogen and oxygen atoms in total. The number of amides is 1. The largest absolute Gasteiger partial charge is 0.496 e. The fraction of sp³-hybridized carbons (Fsp3) is 0.0909. The van der Waals surface area contributed by atoms with Gasteiger partial charge in [0.25, 0.3) is 5.91 Å². The number of ether oxygens (including phenoxy) is 1. The molecule has 29 heavy (non-hydrogen) atoms. The van der Waals surface area contributed by atoms with E-state index in [1.807, 2.05) is 48.8 Å². The van der Waals surface area contributed by atoms with Crippen molar-refractivity contribution in [3.8, 4) is 17.3 Å². The first-order chi connectivity index (χ1) is 14.2. The van der Waals surface area contributed by atoms with Gasteiger partial charge in [-0.25, -0.2) is 9.07 Å². The average Bonchev–Trinajstić information content (AvgIpc) is 3.42. The van der Waals surface area contributed by atoms with Crippen LogP contribution in [-0.4, -0.2) is 27.4 Å². The number of benzene rings is 2. The van der Waals surface area contributed by atoms with Gasteiger partial charge in [0.15, 0.2) is 5.82 Å². The van der Waals surface area contributed by atoms with E-state index in [0.717, 1.165) is 5.56 Å². The summed E-state index contributed by atoms with van der Waals surface area (Å²) >= 11 is 0. The van der Waals surface area contributed by atoms with E-state index in [9.17, 15) is 9.18 Å². The summed E-state index contributed by atoms with van der Waals surface area (Å²) in [6.07, 6.45) is 5.17. The van der Waals surface area contributed by atoms with Crippen molar-refractivity contribution in [1.82, 2.24) is 19.7 Å². The molecule has 7 heteroatoms. The highest BCUT2D eigenvalue weighted by Crippen LogP contribution is 2.21. The van der Waals surface area contributed by atoms with Gasteiger partial charge in [-0.3, -0.25) is 4.79 Å². The molecule has 0 bridgehead atoms. The molecule has 0 fully saturated rings. The van der Waals surface area contributed by atoms with Crippen LogP contribution < -0.4 is 10.1 Å². The number of methoxy groups -OCH3 is 1. The molecular weight excluding hydrogens is 371 g/mol. The maximum atomic E-state index is 13.3. The Morgan fingerprint density at radius 2 is 1.79 bits per heavy atom. The number of hydrogen-bond donors (Lipinski definition) is 1. The molecule has 146 valence electrons. The van der Waals surface area contributed by atoms with Crippen molar-refractivity contribution in [2.75, 3.05) is 7.11 Å². The minimum Gasteiger partial charge on any atom is -0.496 e. The van der Waals surface area contributed by atoms with Crippen molar-refractivity contribution < 1.29 is 13.9 Å². The van der Waals surface area contributed by atoms with Crippen LogP contribution in [-0.2, 0) is 6.54 Å². The summed E-state index contributed by atoms with van der Waals surface area (Å²) in [7, 11) is 1.59. The predicted octanol–water partition coefficient (Wildman–Crippen LogP) is 3.74. The molecule has 0 atom stereocenters. The fourth-order valence-corrected chi connectivity index (χ4v) is 3.12. The summed E-state index contributed by atoms with van der Waals surface area (Å²) in [5.41, 5.74) is 1.93. The molecule has 0 aliphatic rings. The summed E-state index contributed by atoms with van der Waals surface area (Å²) in [4.78, 5) is 13.0. The summed E-state index contributed by atoms with van der Waals surface area (Å²) < 4.78 is 22.1. The van der Waals surface area contributed by atoms with E-state index < -0.39 is 0 Å². The lowest BCUT2D eigenvalue weighted by molar-refractivity contribution is 0.0950. The summed E-state index contributed by atoms with van der Waals surface area (Å²) in [5, 5.41) is 7.29. The number of rotatable bonds is 6. The van der Waals surface area contributed by atoms with E-state index >= 15 is 0 Å². The van der Waals surface area contributed by atoms with Crippen LogP contribution >= 0.6 is 0 Å². The number of halogens is 1. The van der Waals surface area contributed by atoms with E-state index in [1.165, 1.54) is 18.3 Å². The van der Waals surface area contributed by atoms with Gasteiger partial charge in [0.05, 0.1) is 19.0 Å². The van der Waals surface area contributed by atoms with Crippen LogP contribution in [0.25, 0.3) is 11.5 Å². The fourth-order valence-electron chi connectivity index (χ4n) is 3.12.